The Kier molecular flexibility index (Phi) is 6.13. The van der Waals surface area contributed by atoms with Gasteiger partial charge in [-0.15, -0.1) is 0 Å². The van der Waals surface area contributed by atoms with Crippen LogP contribution in [-0.4, -0.2) is 72.0 Å². The number of nitrogens with zero attached hydrogens (tertiary/aromatic N) is 2. The molecular weight excluding hydrogens is 258 g/mol. The van der Waals surface area contributed by atoms with Gasteiger partial charge in [-0.2, -0.15) is 0 Å². The van der Waals surface area contributed by atoms with Crippen molar-refractivity contribution in [3.63, 3.8) is 0 Å². The minimum absolute atomic E-state index is 0.296. The Morgan fingerprint density at radius 1 is 0.812 bits per heavy atom. The van der Waals surface area contributed by atoms with E-state index in [9.17, 15) is 0 Å². The summed E-state index contributed by atoms with van der Waals surface area (Å²) >= 11 is 0. The van der Waals surface area contributed by atoms with E-state index < -0.39 is 22.1 Å². The van der Waals surface area contributed by atoms with Crippen LogP contribution in [0.15, 0.2) is 0 Å². The molecule has 8 nitrogen and oxygen atoms in total. The van der Waals surface area contributed by atoms with Gasteiger partial charge in [0.05, 0.1) is 0 Å². The predicted octanol–water partition coefficient (Wildman–Crippen LogP) is -1.95. The molecule has 0 aromatic carbocycles. The normalized spacial score (nSPS) is 17.9. The summed E-state index contributed by atoms with van der Waals surface area (Å²) in [5.41, 5.74) is 0. The molecule has 0 amide bonds. The van der Waals surface area contributed by atoms with Gasteiger partial charge in [0, 0.05) is 0 Å². The molecule has 0 aromatic heterocycles. The Morgan fingerprint density at radius 2 is 1.06 bits per heavy atom. The molecule has 0 rings (SSSR count). The topological polar surface area (TPSA) is 128 Å². The van der Waals surface area contributed by atoms with Crippen molar-refractivity contribution < 1.29 is 29.4 Å². The van der Waals surface area contributed by atoms with Crippen LogP contribution >= 0.6 is 15.9 Å². The average Bonchev–Trinajstić information content (AvgIpc) is 1.96. The van der Waals surface area contributed by atoms with Crippen molar-refractivity contribution in [3.8, 4) is 0 Å². The van der Waals surface area contributed by atoms with Crippen molar-refractivity contribution in [3.05, 3.63) is 0 Å². The number of rotatable bonds is 6. The van der Waals surface area contributed by atoms with Crippen LogP contribution in [0.1, 0.15) is 6.92 Å². The second-order valence-corrected chi connectivity index (χ2v) is 7.74. The summed E-state index contributed by atoms with van der Waals surface area (Å²) in [6.45, 7) is 1.67. The van der Waals surface area contributed by atoms with Crippen LogP contribution in [0.25, 0.3) is 0 Å². The van der Waals surface area contributed by atoms with E-state index in [1.165, 1.54) is 9.80 Å². The van der Waals surface area contributed by atoms with Crippen LogP contribution in [0, 0.1) is 0 Å². The fourth-order valence-electron chi connectivity index (χ4n) is 1.27. The Labute approximate surface area is 95.5 Å². The van der Waals surface area contributed by atoms with Crippen LogP contribution in [0.3, 0.4) is 0 Å². The Bertz CT molecular complexity index is 196. The molecule has 0 aliphatic rings. The Morgan fingerprint density at radius 3 is 1.25 bits per heavy atom. The van der Waals surface area contributed by atoms with Crippen LogP contribution in [0.4, 0.5) is 0 Å². The first kappa shape index (κ1) is 16.5. The quantitative estimate of drug-likeness (QED) is 0.245. The molecule has 0 saturated heterocycles. The minimum atomic E-state index is -4.16. The Hall–Kier alpha value is 0.540. The maximum absolute atomic E-state index is 8.90. The molecule has 102 valence electrons. The van der Waals surface area contributed by atoms with Gasteiger partial charge in [-0.3, -0.25) is 0 Å². The van der Waals surface area contributed by atoms with Crippen LogP contribution < -0.4 is 0 Å². The molecule has 6 N–H and O–H groups in total. The van der Waals surface area contributed by atoms with Crippen LogP contribution in [0.5, 0.6) is 0 Å². The first-order valence-corrected chi connectivity index (χ1v) is 8.77. The summed E-state index contributed by atoms with van der Waals surface area (Å²) in [5.74, 6) is 0. The summed E-state index contributed by atoms with van der Waals surface area (Å²) < 4.78 is 0. The molecular formula is C6H22N2O6P2. The standard InChI is InChI=1S/C6H22N2O6P2/c1-6(7(2)4-15(9,10)11)8(3)5-16(12,13)14/h6,9-16H,4-5H2,1-3H3. The van der Waals surface area contributed by atoms with Crippen LogP contribution in [0.2, 0.25) is 0 Å². The van der Waals surface area contributed by atoms with Gasteiger partial charge < -0.3 is 0 Å². The van der Waals surface area contributed by atoms with Crippen molar-refractivity contribution >= 4 is 15.9 Å². The van der Waals surface area contributed by atoms with E-state index in [0.717, 1.165) is 0 Å². The van der Waals surface area contributed by atoms with E-state index in [4.69, 9.17) is 29.4 Å². The molecule has 0 unspecified atom stereocenters. The third kappa shape index (κ3) is 7.76. The first-order chi connectivity index (χ1) is 6.92. The van der Waals surface area contributed by atoms with E-state index in [2.05, 4.69) is 0 Å². The second kappa shape index (κ2) is 5.93. The van der Waals surface area contributed by atoms with Crippen molar-refractivity contribution in [2.75, 3.05) is 26.7 Å². The van der Waals surface area contributed by atoms with E-state index in [-0.39, 0.29) is 12.6 Å². The zero-order valence-corrected chi connectivity index (χ0v) is 11.6. The van der Waals surface area contributed by atoms with Crippen molar-refractivity contribution in [1.29, 1.82) is 0 Å². The number of hydrogen-bond acceptors (Lipinski definition) is 8. The maximum atomic E-state index is 8.90. The van der Waals surface area contributed by atoms with Gasteiger partial charge in [0.25, 0.3) is 0 Å². The van der Waals surface area contributed by atoms with Gasteiger partial charge in [0.1, 0.15) is 0 Å². The average molecular weight is 280 g/mol. The zero-order valence-electron chi connectivity index (χ0n) is 9.57. The third-order valence-corrected chi connectivity index (χ3v) is 4.04. The summed E-state index contributed by atoms with van der Waals surface area (Å²) in [4.78, 5) is 56.3. The van der Waals surface area contributed by atoms with E-state index in [1.54, 1.807) is 21.0 Å². The second-order valence-electron chi connectivity index (χ2n) is 4.01. The molecule has 16 heavy (non-hydrogen) atoms. The van der Waals surface area contributed by atoms with E-state index in [0.29, 0.717) is 0 Å². The molecule has 0 saturated carbocycles. The molecule has 0 bridgehead atoms. The van der Waals surface area contributed by atoms with Gasteiger partial charge >= 0.3 is 94.8 Å². The summed E-state index contributed by atoms with van der Waals surface area (Å²) in [6.07, 6.45) is -0.985. The van der Waals surface area contributed by atoms with Crippen molar-refractivity contribution in [2.24, 2.45) is 0 Å². The fourth-order valence-corrected chi connectivity index (χ4v) is 3.14. The first-order valence-electron chi connectivity index (χ1n) is 4.67. The molecule has 0 aliphatic heterocycles. The summed E-state index contributed by atoms with van der Waals surface area (Å²) in [6, 6.07) is 0. The van der Waals surface area contributed by atoms with Gasteiger partial charge in [-0.05, 0) is 0 Å². The summed E-state index contributed by atoms with van der Waals surface area (Å²) in [7, 11) is -5.24. The van der Waals surface area contributed by atoms with Gasteiger partial charge in [0.15, 0.2) is 0 Å². The molecule has 0 heterocycles. The molecule has 0 radical (unpaired) electrons. The van der Waals surface area contributed by atoms with Gasteiger partial charge in [0.2, 0.25) is 0 Å². The molecule has 0 aliphatic carbocycles. The van der Waals surface area contributed by atoms with E-state index in [1.807, 2.05) is 0 Å². The van der Waals surface area contributed by atoms with Crippen molar-refractivity contribution in [2.45, 2.75) is 13.1 Å². The monoisotopic (exact) mass is 280 g/mol. The SMILES string of the molecule is CC(N(C)C[PH](O)(O)O)N(C)C[PH](O)(O)O. The molecule has 0 atom stereocenters. The third-order valence-electron chi connectivity index (χ3n) is 2.20. The van der Waals surface area contributed by atoms with Crippen LogP contribution in [-0.2, 0) is 0 Å². The Balaban J connectivity index is 4.27. The predicted molar refractivity (Wildman–Crippen MR) is 64.7 cm³/mol. The summed E-state index contributed by atoms with van der Waals surface area (Å²) in [5, 5.41) is 0. The molecule has 0 aromatic rings. The van der Waals surface area contributed by atoms with E-state index >= 15 is 0 Å². The zero-order chi connectivity index (χ0) is 13.1. The molecule has 0 fully saturated rings. The van der Waals surface area contributed by atoms with Crippen molar-refractivity contribution in [1.82, 2.24) is 9.80 Å². The fraction of sp³-hybridized carbons (Fsp3) is 1.00. The molecule has 0 spiro atoms. The molecule has 10 heteroatoms. The van der Waals surface area contributed by atoms with Gasteiger partial charge in [-0.1, -0.05) is 0 Å². The van der Waals surface area contributed by atoms with Gasteiger partial charge in [-0.25, -0.2) is 0 Å². The number of hydrogen-bond donors (Lipinski definition) is 6.